The number of rotatable bonds is 10. The van der Waals surface area contributed by atoms with Crippen LogP contribution in [0, 0.1) is 0 Å². The standard InChI is InChI=1S/C33H31N4O3.ClH/c1-2-40-32(39)23-31(38)37(36-21-13-6-14-22-36)25-30-24-35(26-34-30)33(27-15-7-3-8-16-27,28-17-9-4-10-18-28)29-19-11-5-12-20-29;/h3-22,24,26H,2,23,25H2,1H3;1H/q+1;/p-1. The number of hydrogen-bond acceptors (Lipinski definition) is 4. The fourth-order valence-corrected chi connectivity index (χ4v) is 5.04. The Bertz CT molecular complexity index is 1450. The van der Waals surface area contributed by atoms with Gasteiger partial charge in [-0.15, -0.1) is 5.01 Å². The molecular weight excluding hydrogens is 536 g/mol. The Labute approximate surface area is 246 Å². The lowest BCUT2D eigenvalue weighted by atomic mass is 9.77. The minimum absolute atomic E-state index is 0. The fourth-order valence-electron chi connectivity index (χ4n) is 5.04. The first-order chi connectivity index (χ1) is 19.6. The van der Waals surface area contributed by atoms with Crippen LogP contribution in [0.1, 0.15) is 35.7 Å². The molecule has 0 spiro atoms. The molecule has 0 bridgehead atoms. The number of pyridine rings is 1. The molecule has 0 radical (unpaired) electrons. The van der Waals surface area contributed by atoms with Crippen molar-refractivity contribution in [1.29, 1.82) is 0 Å². The van der Waals surface area contributed by atoms with E-state index in [1.165, 1.54) is 5.01 Å². The van der Waals surface area contributed by atoms with Crippen molar-refractivity contribution < 1.29 is 31.4 Å². The van der Waals surface area contributed by atoms with Crippen LogP contribution in [0.2, 0.25) is 0 Å². The molecule has 0 fully saturated rings. The number of aromatic nitrogens is 3. The monoisotopic (exact) mass is 566 g/mol. The molecule has 5 aromatic rings. The number of nitrogens with zero attached hydrogens (tertiary/aromatic N) is 4. The van der Waals surface area contributed by atoms with Crippen molar-refractivity contribution in [2.24, 2.45) is 0 Å². The SMILES string of the molecule is CCOC(=O)CC(=O)N(Cc1cn(C(c2ccccc2)(c2ccccc2)c2ccccc2)cn1)[n+]1ccccc1.[Cl-]. The lowest BCUT2D eigenvalue weighted by Crippen LogP contribution is -3.00. The van der Waals surface area contributed by atoms with E-state index in [1.807, 2.05) is 85.3 Å². The minimum atomic E-state index is -0.714. The van der Waals surface area contributed by atoms with Gasteiger partial charge in [0.1, 0.15) is 18.5 Å². The first kappa shape index (κ1) is 29.2. The van der Waals surface area contributed by atoms with E-state index in [2.05, 4.69) is 41.0 Å². The largest absolute Gasteiger partial charge is 1.00 e. The molecule has 0 aliphatic carbocycles. The van der Waals surface area contributed by atoms with Crippen LogP contribution in [0.25, 0.3) is 0 Å². The predicted octanol–water partition coefficient (Wildman–Crippen LogP) is 1.63. The van der Waals surface area contributed by atoms with E-state index < -0.39 is 11.5 Å². The molecule has 1 amide bonds. The fraction of sp³-hybridized carbons (Fsp3) is 0.152. The Morgan fingerprint density at radius 2 is 1.29 bits per heavy atom. The summed E-state index contributed by atoms with van der Waals surface area (Å²) in [4.78, 5) is 30.2. The van der Waals surface area contributed by atoms with E-state index in [0.717, 1.165) is 16.7 Å². The summed E-state index contributed by atoms with van der Waals surface area (Å²) < 4.78 is 8.80. The van der Waals surface area contributed by atoms with Gasteiger partial charge < -0.3 is 21.7 Å². The van der Waals surface area contributed by atoms with Gasteiger partial charge in [0.15, 0.2) is 12.4 Å². The summed E-state index contributed by atoms with van der Waals surface area (Å²) in [7, 11) is 0. The van der Waals surface area contributed by atoms with Crippen molar-refractivity contribution in [1.82, 2.24) is 9.55 Å². The highest BCUT2D eigenvalue weighted by Gasteiger charge is 2.38. The lowest BCUT2D eigenvalue weighted by Gasteiger charge is -2.37. The highest BCUT2D eigenvalue weighted by atomic mass is 35.5. The van der Waals surface area contributed by atoms with Gasteiger partial charge in [-0.1, -0.05) is 102 Å². The molecule has 3 aromatic carbocycles. The Balaban J connectivity index is 0.00000387. The topological polar surface area (TPSA) is 68.3 Å². The second kappa shape index (κ2) is 13.5. The zero-order valence-electron chi connectivity index (χ0n) is 22.7. The van der Waals surface area contributed by atoms with E-state index in [0.29, 0.717) is 5.69 Å². The van der Waals surface area contributed by atoms with Gasteiger partial charge >= 0.3 is 5.97 Å². The van der Waals surface area contributed by atoms with Gasteiger partial charge in [0.2, 0.25) is 0 Å². The van der Waals surface area contributed by atoms with E-state index >= 15 is 0 Å². The number of ether oxygens (including phenoxy) is 1. The molecule has 2 heterocycles. The van der Waals surface area contributed by atoms with Crippen molar-refractivity contribution in [3.63, 3.8) is 0 Å². The van der Waals surface area contributed by atoms with Crippen LogP contribution >= 0.6 is 0 Å². The Kier molecular flexibility index (Phi) is 9.66. The summed E-state index contributed by atoms with van der Waals surface area (Å²) in [6.45, 7) is 2.10. The Hall–Kier alpha value is -4.75. The number of halogens is 1. The van der Waals surface area contributed by atoms with Crippen LogP contribution in [-0.4, -0.2) is 28.0 Å². The van der Waals surface area contributed by atoms with E-state index in [-0.39, 0.29) is 37.9 Å². The van der Waals surface area contributed by atoms with E-state index in [1.54, 1.807) is 24.0 Å². The molecule has 2 aromatic heterocycles. The molecule has 0 N–H and O–H groups in total. The third kappa shape index (κ3) is 6.21. The first-order valence-electron chi connectivity index (χ1n) is 13.3. The summed E-state index contributed by atoms with van der Waals surface area (Å²) in [6, 6.07) is 36.5. The molecule has 208 valence electrons. The molecular formula is C33H31ClN4O3. The highest BCUT2D eigenvalue weighted by molar-refractivity contribution is 5.98. The maximum Gasteiger partial charge on any atom is 0.315 e. The molecule has 0 saturated carbocycles. The predicted molar refractivity (Wildman–Crippen MR) is 152 cm³/mol. The number of benzene rings is 3. The van der Waals surface area contributed by atoms with Crippen LogP contribution in [0.4, 0.5) is 0 Å². The van der Waals surface area contributed by atoms with Crippen molar-refractivity contribution in [2.75, 3.05) is 11.6 Å². The molecule has 5 rings (SSSR count). The number of imidazole rings is 1. The maximum atomic E-state index is 13.3. The van der Waals surface area contributed by atoms with Gasteiger partial charge in [-0.3, -0.25) is 9.59 Å². The van der Waals surface area contributed by atoms with E-state index in [9.17, 15) is 9.59 Å². The highest BCUT2D eigenvalue weighted by Crippen LogP contribution is 2.40. The van der Waals surface area contributed by atoms with Crippen LogP contribution < -0.4 is 22.1 Å². The molecule has 0 unspecified atom stereocenters. The van der Waals surface area contributed by atoms with Crippen molar-refractivity contribution >= 4 is 11.9 Å². The smallest absolute Gasteiger partial charge is 0.315 e. The second-order valence-corrected chi connectivity index (χ2v) is 9.27. The van der Waals surface area contributed by atoms with Crippen LogP contribution in [0.3, 0.4) is 0 Å². The van der Waals surface area contributed by atoms with Gasteiger partial charge in [-0.25, -0.2) is 4.98 Å². The number of carbonyl (C=O) groups excluding carboxylic acids is 2. The molecule has 0 saturated heterocycles. The van der Waals surface area contributed by atoms with Crippen molar-refractivity contribution in [3.05, 3.63) is 156 Å². The first-order valence-corrected chi connectivity index (χ1v) is 13.3. The normalized spacial score (nSPS) is 10.9. The average Bonchev–Trinajstić information content (AvgIpc) is 3.47. The third-order valence-corrected chi connectivity index (χ3v) is 6.78. The van der Waals surface area contributed by atoms with Gasteiger partial charge in [0.05, 0.1) is 18.6 Å². The van der Waals surface area contributed by atoms with Crippen LogP contribution in [0.15, 0.2) is 134 Å². The summed E-state index contributed by atoms with van der Waals surface area (Å²) in [6.07, 6.45) is 6.95. The quantitative estimate of drug-likeness (QED) is 0.112. The molecule has 0 atom stereocenters. The van der Waals surface area contributed by atoms with Crippen molar-refractivity contribution in [2.45, 2.75) is 25.4 Å². The summed E-state index contributed by atoms with van der Waals surface area (Å²) in [5.74, 6) is -0.944. The number of carbonyl (C=O) groups is 2. The number of amides is 1. The number of esters is 1. The second-order valence-electron chi connectivity index (χ2n) is 9.27. The lowest BCUT2D eigenvalue weighted by molar-refractivity contribution is -0.685. The van der Waals surface area contributed by atoms with Crippen LogP contribution in [0.5, 0.6) is 0 Å². The zero-order chi connectivity index (χ0) is 27.8. The summed E-state index contributed by atoms with van der Waals surface area (Å²) in [5.41, 5.74) is 3.17. The van der Waals surface area contributed by atoms with Gasteiger partial charge in [0.25, 0.3) is 5.91 Å². The van der Waals surface area contributed by atoms with Gasteiger partial charge in [0, 0.05) is 18.3 Å². The van der Waals surface area contributed by atoms with Gasteiger partial charge in [-0.05, 0) is 23.6 Å². The molecule has 8 heteroatoms. The molecule has 41 heavy (non-hydrogen) atoms. The molecule has 0 aliphatic heterocycles. The van der Waals surface area contributed by atoms with Crippen molar-refractivity contribution in [3.8, 4) is 0 Å². The summed E-state index contributed by atoms with van der Waals surface area (Å²) in [5, 5.41) is 1.50. The number of hydrogen-bond donors (Lipinski definition) is 0. The average molecular weight is 567 g/mol. The minimum Gasteiger partial charge on any atom is -1.00 e. The zero-order valence-corrected chi connectivity index (χ0v) is 23.5. The Morgan fingerprint density at radius 1 is 0.805 bits per heavy atom. The van der Waals surface area contributed by atoms with Gasteiger partial charge in [-0.2, -0.15) is 0 Å². The summed E-state index contributed by atoms with van der Waals surface area (Å²) >= 11 is 0. The Morgan fingerprint density at radius 3 is 1.78 bits per heavy atom. The molecule has 0 aliphatic rings. The third-order valence-electron chi connectivity index (χ3n) is 6.78. The molecule has 7 nitrogen and oxygen atoms in total. The van der Waals surface area contributed by atoms with E-state index in [4.69, 9.17) is 9.72 Å². The maximum absolute atomic E-state index is 13.3. The van der Waals surface area contributed by atoms with Crippen LogP contribution in [-0.2, 0) is 26.4 Å².